The molecule has 1 aromatic rings. The van der Waals surface area contributed by atoms with Gasteiger partial charge in [0.1, 0.15) is 5.75 Å². The number of anilines is 1. The standard InChI is InChI=1S/C15H21NO5/c1-2-3-8-20-15(18)11-21-14(17)7-9-19-13-6-4-5-12(16)10-13/h4-6,10H,2-3,7-9,11,16H2,1H3. The zero-order chi connectivity index (χ0) is 15.5. The number of unbranched alkanes of at least 4 members (excludes halogenated alkanes) is 1. The first kappa shape index (κ1) is 16.8. The molecule has 0 atom stereocenters. The molecule has 0 unspecified atom stereocenters. The first-order valence-electron chi connectivity index (χ1n) is 6.91. The first-order valence-corrected chi connectivity index (χ1v) is 6.91. The highest BCUT2D eigenvalue weighted by molar-refractivity contribution is 5.76. The number of hydrogen-bond acceptors (Lipinski definition) is 6. The van der Waals surface area contributed by atoms with Crippen LogP contribution in [-0.2, 0) is 19.1 Å². The molecule has 0 heterocycles. The molecule has 0 spiro atoms. The summed E-state index contributed by atoms with van der Waals surface area (Å²) < 4.78 is 15.0. The minimum atomic E-state index is -0.534. The molecule has 6 heteroatoms. The van der Waals surface area contributed by atoms with Crippen molar-refractivity contribution in [2.24, 2.45) is 0 Å². The summed E-state index contributed by atoms with van der Waals surface area (Å²) in [4.78, 5) is 22.6. The Bertz CT molecular complexity index is 461. The molecule has 0 aliphatic heterocycles. The van der Waals surface area contributed by atoms with Crippen molar-refractivity contribution in [2.75, 3.05) is 25.6 Å². The van der Waals surface area contributed by atoms with E-state index in [1.807, 2.05) is 6.92 Å². The number of nitrogens with two attached hydrogens (primary N) is 1. The lowest BCUT2D eigenvalue weighted by atomic mass is 10.3. The molecule has 1 aromatic carbocycles. The maximum absolute atomic E-state index is 11.4. The molecular weight excluding hydrogens is 274 g/mol. The Hall–Kier alpha value is -2.24. The summed E-state index contributed by atoms with van der Waals surface area (Å²) in [7, 11) is 0. The predicted octanol–water partition coefficient (Wildman–Crippen LogP) is 1.92. The minimum absolute atomic E-state index is 0.0526. The Morgan fingerprint density at radius 1 is 1.14 bits per heavy atom. The van der Waals surface area contributed by atoms with Crippen molar-refractivity contribution in [3.63, 3.8) is 0 Å². The van der Waals surface area contributed by atoms with Crippen molar-refractivity contribution in [2.45, 2.75) is 26.2 Å². The van der Waals surface area contributed by atoms with E-state index >= 15 is 0 Å². The Morgan fingerprint density at radius 3 is 2.67 bits per heavy atom. The molecule has 0 fully saturated rings. The number of carbonyl (C=O) groups excluding carboxylic acids is 2. The molecule has 2 N–H and O–H groups in total. The number of carbonyl (C=O) groups is 2. The van der Waals surface area contributed by atoms with Crippen LogP contribution >= 0.6 is 0 Å². The average molecular weight is 295 g/mol. The van der Waals surface area contributed by atoms with E-state index in [1.54, 1.807) is 24.3 Å². The maximum atomic E-state index is 11.4. The van der Waals surface area contributed by atoms with Gasteiger partial charge < -0.3 is 19.9 Å². The third-order valence-electron chi connectivity index (χ3n) is 2.54. The van der Waals surface area contributed by atoms with E-state index in [-0.39, 0.29) is 19.6 Å². The van der Waals surface area contributed by atoms with E-state index in [1.165, 1.54) is 0 Å². The third-order valence-corrected chi connectivity index (χ3v) is 2.54. The molecule has 0 aromatic heterocycles. The Balaban J connectivity index is 2.12. The first-order chi connectivity index (χ1) is 10.1. The van der Waals surface area contributed by atoms with Gasteiger partial charge in [0, 0.05) is 11.8 Å². The van der Waals surface area contributed by atoms with E-state index in [0.717, 1.165) is 12.8 Å². The average Bonchev–Trinajstić information content (AvgIpc) is 2.45. The number of benzene rings is 1. The Morgan fingerprint density at radius 2 is 1.95 bits per heavy atom. The summed E-state index contributed by atoms with van der Waals surface area (Å²) in [5.41, 5.74) is 6.19. The summed E-state index contributed by atoms with van der Waals surface area (Å²) in [6.07, 6.45) is 1.79. The largest absolute Gasteiger partial charge is 0.493 e. The van der Waals surface area contributed by atoms with Gasteiger partial charge in [0.2, 0.25) is 0 Å². The maximum Gasteiger partial charge on any atom is 0.344 e. The summed E-state index contributed by atoms with van der Waals surface area (Å²) in [5.74, 6) is -0.457. The second kappa shape index (κ2) is 9.63. The smallest absolute Gasteiger partial charge is 0.344 e. The van der Waals surface area contributed by atoms with E-state index in [0.29, 0.717) is 18.0 Å². The SMILES string of the molecule is CCCCOC(=O)COC(=O)CCOc1cccc(N)c1. The molecule has 0 radical (unpaired) electrons. The van der Waals surface area contributed by atoms with Crippen LogP contribution in [0.25, 0.3) is 0 Å². The molecule has 0 saturated carbocycles. The monoisotopic (exact) mass is 295 g/mol. The van der Waals surface area contributed by atoms with Crippen LogP contribution in [-0.4, -0.2) is 31.8 Å². The predicted molar refractivity (Wildman–Crippen MR) is 77.8 cm³/mol. The molecule has 0 aliphatic rings. The van der Waals surface area contributed by atoms with Crippen LogP contribution in [0.4, 0.5) is 5.69 Å². The highest BCUT2D eigenvalue weighted by atomic mass is 16.6. The van der Waals surface area contributed by atoms with Gasteiger partial charge in [-0.15, -0.1) is 0 Å². The fourth-order valence-electron chi connectivity index (χ4n) is 1.44. The van der Waals surface area contributed by atoms with E-state index in [4.69, 9.17) is 19.9 Å². The van der Waals surface area contributed by atoms with Crippen LogP contribution in [0.15, 0.2) is 24.3 Å². The normalized spacial score (nSPS) is 9.95. The van der Waals surface area contributed by atoms with Crippen molar-refractivity contribution in [1.82, 2.24) is 0 Å². The minimum Gasteiger partial charge on any atom is -0.493 e. The van der Waals surface area contributed by atoms with Crippen LogP contribution in [0.5, 0.6) is 5.75 Å². The van der Waals surface area contributed by atoms with Crippen LogP contribution in [0.2, 0.25) is 0 Å². The van der Waals surface area contributed by atoms with Gasteiger partial charge in [0.15, 0.2) is 6.61 Å². The Labute approximate surface area is 124 Å². The fourth-order valence-corrected chi connectivity index (χ4v) is 1.44. The highest BCUT2D eigenvalue weighted by Crippen LogP contribution is 2.14. The van der Waals surface area contributed by atoms with Crippen LogP contribution in [0, 0.1) is 0 Å². The third kappa shape index (κ3) is 7.81. The van der Waals surface area contributed by atoms with E-state index in [2.05, 4.69) is 0 Å². The number of nitrogen functional groups attached to an aromatic ring is 1. The lowest BCUT2D eigenvalue weighted by Crippen LogP contribution is -2.18. The van der Waals surface area contributed by atoms with Crippen molar-refractivity contribution in [3.05, 3.63) is 24.3 Å². The van der Waals surface area contributed by atoms with E-state index < -0.39 is 11.9 Å². The lowest BCUT2D eigenvalue weighted by molar-refractivity contribution is -0.159. The molecule has 0 bridgehead atoms. The number of hydrogen-bond donors (Lipinski definition) is 1. The van der Waals surface area contributed by atoms with Gasteiger partial charge in [-0.05, 0) is 18.6 Å². The van der Waals surface area contributed by atoms with Crippen molar-refractivity contribution < 1.29 is 23.8 Å². The summed E-state index contributed by atoms with van der Waals surface area (Å²) in [5, 5.41) is 0. The van der Waals surface area contributed by atoms with Crippen molar-refractivity contribution >= 4 is 17.6 Å². The van der Waals surface area contributed by atoms with Gasteiger partial charge in [-0.2, -0.15) is 0 Å². The zero-order valence-electron chi connectivity index (χ0n) is 12.2. The highest BCUT2D eigenvalue weighted by Gasteiger charge is 2.08. The van der Waals surface area contributed by atoms with Gasteiger partial charge >= 0.3 is 11.9 Å². The number of rotatable bonds is 9. The zero-order valence-corrected chi connectivity index (χ0v) is 12.2. The van der Waals surface area contributed by atoms with E-state index in [9.17, 15) is 9.59 Å². The second-order valence-electron chi connectivity index (χ2n) is 4.41. The summed E-state index contributed by atoms with van der Waals surface area (Å²) >= 11 is 0. The molecule has 6 nitrogen and oxygen atoms in total. The van der Waals surface area contributed by atoms with Crippen LogP contribution in [0.3, 0.4) is 0 Å². The quantitative estimate of drug-likeness (QED) is 0.425. The van der Waals surface area contributed by atoms with Crippen LogP contribution in [0.1, 0.15) is 26.2 Å². The topological polar surface area (TPSA) is 87.8 Å². The molecule has 0 amide bonds. The van der Waals surface area contributed by atoms with Gasteiger partial charge in [0.25, 0.3) is 0 Å². The number of esters is 2. The van der Waals surface area contributed by atoms with Crippen molar-refractivity contribution in [1.29, 1.82) is 0 Å². The molecule has 1 rings (SSSR count). The molecule has 0 saturated heterocycles. The second-order valence-corrected chi connectivity index (χ2v) is 4.41. The number of ether oxygens (including phenoxy) is 3. The summed E-state index contributed by atoms with van der Waals surface area (Å²) in [6.45, 7) is 2.15. The van der Waals surface area contributed by atoms with Gasteiger partial charge in [-0.25, -0.2) is 4.79 Å². The van der Waals surface area contributed by atoms with Gasteiger partial charge in [-0.1, -0.05) is 19.4 Å². The molecule has 116 valence electrons. The Kier molecular flexibility index (Phi) is 7.71. The van der Waals surface area contributed by atoms with Crippen LogP contribution < -0.4 is 10.5 Å². The lowest BCUT2D eigenvalue weighted by Gasteiger charge is -2.07. The van der Waals surface area contributed by atoms with Gasteiger partial charge in [-0.3, -0.25) is 4.79 Å². The fraction of sp³-hybridized carbons (Fsp3) is 0.467. The molecular formula is C15H21NO5. The van der Waals surface area contributed by atoms with Crippen molar-refractivity contribution in [3.8, 4) is 5.75 Å². The van der Waals surface area contributed by atoms with Gasteiger partial charge in [0.05, 0.1) is 19.6 Å². The summed E-state index contributed by atoms with van der Waals surface area (Å²) in [6, 6.07) is 6.91. The molecule has 0 aliphatic carbocycles. The molecule has 21 heavy (non-hydrogen) atoms.